The Kier molecular flexibility index (Phi) is 15.2. The van der Waals surface area contributed by atoms with E-state index in [0.717, 1.165) is 12.8 Å². The van der Waals surface area contributed by atoms with Gasteiger partial charge in [-0.3, -0.25) is 4.79 Å². The summed E-state index contributed by atoms with van der Waals surface area (Å²) in [6.45, 7) is 4.56. The lowest BCUT2D eigenvalue weighted by atomic mass is 10.1. The summed E-state index contributed by atoms with van der Waals surface area (Å²) in [6.07, 6.45) is 20.3. The molecule has 2 heteroatoms. The summed E-state index contributed by atoms with van der Waals surface area (Å²) in [5.41, 5.74) is 0. The number of esters is 1. The van der Waals surface area contributed by atoms with Gasteiger partial charge >= 0.3 is 5.97 Å². The van der Waals surface area contributed by atoms with Gasteiger partial charge in [-0.25, -0.2) is 0 Å². The Balaban J connectivity index is 3.28. The first-order chi connectivity index (χ1) is 9.81. The SMILES string of the molecule is CCCCCCCCC/C=C\C=C\CCC(=O)OCC. The Hall–Kier alpha value is -1.05. The summed E-state index contributed by atoms with van der Waals surface area (Å²) in [6, 6.07) is 0. The van der Waals surface area contributed by atoms with Crippen LogP contribution in [0.1, 0.15) is 78.1 Å². The molecule has 116 valence electrons. The largest absolute Gasteiger partial charge is 0.466 e. The molecule has 2 nitrogen and oxygen atoms in total. The van der Waals surface area contributed by atoms with Crippen LogP contribution in [0.4, 0.5) is 0 Å². The Bertz CT molecular complexity index is 267. The van der Waals surface area contributed by atoms with E-state index >= 15 is 0 Å². The fraction of sp³-hybridized carbons (Fsp3) is 0.722. The number of ether oxygens (including phenoxy) is 1. The summed E-state index contributed by atoms with van der Waals surface area (Å²) >= 11 is 0. The second-order valence-electron chi connectivity index (χ2n) is 5.11. The van der Waals surface area contributed by atoms with Crippen molar-refractivity contribution in [1.29, 1.82) is 0 Å². The molecule has 0 heterocycles. The molecule has 20 heavy (non-hydrogen) atoms. The van der Waals surface area contributed by atoms with Crippen LogP contribution in [0.5, 0.6) is 0 Å². The van der Waals surface area contributed by atoms with Crippen molar-refractivity contribution >= 4 is 5.97 Å². The van der Waals surface area contributed by atoms with Crippen LogP contribution in [-0.2, 0) is 9.53 Å². The first kappa shape index (κ1) is 18.9. The fourth-order valence-corrected chi connectivity index (χ4v) is 2.00. The minimum Gasteiger partial charge on any atom is -0.466 e. The molecule has 0 fully saturated rings. The van der Waals surface area contributed by atoms with Crippen molar-refractivity contribution in [3.63, 3.8) is 0 Å². The maximum absolute atomic E-state index is 11.1. The number of unbranched alkanes of at least 4 members (excludes halogenated alkanes) is 7. The van der Waals surface area contributed by atoms with Crippen molar-refractivity contribution in [2.24, 2.45) is 0 Å². The van der Waals surface area contributed by atoms with Crippen molar-refractivity contribution in [3.8, 4) is 0 Å². The topological polar surface area (TPSA) is 26.3 Å². The Morgan fingerprint density at radius 3 is 2.10 bits per heavy atom. The molecule has 0 rings (SSSR count). The van der Waals surface area contributed by atoms with Gasteiger partial charge < -0.3 is 4.74 Å². The molecule has 0 aliphatic carbocycles. The average Bonchev–Trinajstić information content (AvgIpc) is 2.44. The highest BCUT2D eigenvalue weighted by Crippen LogP contribution is 2.08. The van der Waals surface area contributed by atoms with Crippen LogP contribution in [-0.4, -0.2) is 12.6 Å². The highest BCUT2D eigenvalue weighted by Gasteiger charge is 1.97. The van der Waals surface area contributed by atoms with Crippen LogP contribution in [0.2, 0.25) is 0 Å². The third-order valence-electron chi connectivity index (χ3n) is 3.18. The molecule has 0 aromatic carbocycles. The molecule has 0 saturated heterocycles. The van der Waals surface area contributed by atoms with Gasteiger partial charge in [-0.15, -0.1) is 0 Å². The van der Waals surface area contributed by atoms with Gasteiger partial charge in [-0.2, -0.15) is 0 Å². The number of allylic oxidation sites excluding steroid dienone is 4. The molecule has 0 radical (unpaired) electrons. The molecular weight excluding hydrogens is 248 g/mol. The normalized spacial score (nSPS) is 11.5. The van der Waals surface area contributed by atoms with Crippen molar-refractivity contribution in [1.82, 2.24) is 0 Å². The van der Waals surface area contributed by atoms with Crippen molar-refractivity contribution in [2.75, 3.05) is 6.61 Å². The smallest absolute Gasteiger partial charge is 0.306 e. The molecule has 0 saturated carbocycles. The number of hydrogen-bond acceptors (Lipinski definition) is 2. The average molecular weight is 280 g/mol. The first-order valence-electron chi connectivity index (χ1n) is 8.28. The zero-order valence-corrected chi connectivity index (χ0v) is 13.4. The lowest BCUT2D eigenvalue weighted by molar-refractivity contribution is -0.142. The molecule has 0 aliphatic heterocycles. The zero-order chi connectivity index (χ0) is 14.9. The highest BCUT2D eigenvalue weighted by molar-refractivity contribution is 5.69. The fourth-order valence-electron chi connectivity index (χ4n) is 2.00. The van der Waals surface area contributed by atoms with Crippen molar-refractivity contribution < 1.29 is 9.53 Å². The standard InChI is InChI=1S/C18H32O2/c1-3-5-6-7-8-9-10-11-12-13-14-15-16-17-18(19)20-4-2/h12-15H,3-11,16-17H2,1-2H3/b13-12-,15-14+. The third-order valence-corrected chi connectivity index (χ3v) is 3.18. The van der Waals surface area contributed by atoms with Gasteiger partial charge in [0.1, 0.15) is 0 Å². The predicted molar refractivity (Wildman–Crippen MR) is 86.8 cm³/mol. The van der Waals surface area contributed by atoms with Crippen molar-refractivity contribution in [2.45, 2.75) is 78.1 Å². The van der Waals surface area contributed by atoms with E-state index in [9.17, 15) is 4.79 Å². The number of carbonyl (C=O) groups is 1. The second kappa shape index (κ2) is 16.0. The van der Waals surface area contributed by atoms with Crippen LogP contribution >= 0.6 is 0 Å². The predicted octanol–water partition coefficient (Wildman–Crippen LogP) is 5.58. The van der Waals surface area contributed by atoms with Crippen molar-refractivity contribution in [3.05, 3.63) is 24.3 Å². The quantitative estimate of drug-likeness (QED) is 0.250. The highest BCUT2D eigenvalue weighted by atomic mass is 16.5. The van der Waals surface area contributed by atoms with E-state index in [-0.39, 0.29) is 5.97 Å². The molecule has 0 aromatic heterocycles. The van der Waals surface area contributed by atoms with Crippen LogP contribution < -0.4 is 0 Å². The summed E-state index contributed by atoms with van der Waals surface area (Å²) in [5.74, 6) is -0.107. The van der Waals surface area contributed by atoms with Gasteiger partial charge in [-0.1, -0.05) is 69.8 Å². The monoisotopic (exact) mass is 280 g/mol. The Labute approximate surface area is 125 Å². The molecule has 0 amide bonds. The Morgan fingerprint density at radius 2 is 1.45 bits per heavy atom. The van der Waals surface area contributed by atoms with Gasteiger partial charge in [0.05, 0.1) is 6.61 Å². The molecule has 0 N–H and O–H groups in total. The summed E-state index contributed by atoms with van der Waals surface area (Å²) in [4.78, 5) is 11.1. The van der Waals surface area contributed by atoms with E-state index in [1.54, 1.807) is 0 Å². The number of hydrogen-bond donors (Lipinski definition) is 0. The number of rotatable bonds is 13. The van der Waals surface area contributed by atoms with Crippen LogP contribution in [0, 0.1) is 0 Å². The lowest BCUT2D eigenvalue weighted by Crippen LogP contribution is -2.02. The number of carbonyl (C=O) groups excluding carboxylic acids is 1. The maximum Gasteiger partial charge on any atom is 0.306 e. The Morgan fingerprint density at radius 1 is 0.850 bits per heavy atom. The van der Waals surface area contributed by atoms with Gasteiger partial charge in [-0.05, 0) is 26.2 Å². The summed E-state index contributed by atoms with van der Waals surface area (Å²) in [7, 11) is 0. The van der Waals surface area contributed by atoms with E-state index in [0.29, 0.717) is 13.0 Å². The van der Waals surface area contributed by atoms with Gasteiger partial charge in [0.15, 0.2) is 0 Å². The zero-order valence-electron chi connectivity index (χ0n) is 13.4. The molecular formula is C18H32O2. The van der Waals surface area contributed by atoms with Crippen LogP contribution in [0.3, 0.4) is 0 Å². The molecule has 0 spiro atoms. The van der Waals surface area contributed by atoms with Gasteiger partial charge in [0, 0.05) is 6.42 Å². The van der Waals surface area contributed by atoms with Crippen LogP contribution in [0.15, 0.2) is 24.3 Å². The minimum absolute atomic E-state index is 0.107. The van der Waals surface area contributed by atoms with E-state index in [1.807, 2.05) is 19.1 Å². The summed E-state index contributed by atoms with van der Waals surface area (Å²) in [5, 5.41) is 0. The second-order valence-corrected chi connectivity index (χ2v) is 5.11. The maximum atomic E-state index is 11.1. The van der Waals surface area contributed by atoms with E-state index < -0.39 is 0 Å². The first-order valence-corrected chi connectivity index (χ1v) is 8.28. The van der Waals surface area contributed by atoms with Crippen LogP contribution in [0.25, 0.3) is 0 Å². The third kappa shape index (κ3) is 15.0. The molecule has 0 unspecified atom stereocenters. The van der Waals surface area contributed by atoms with Gasteiger partial charge in [0.25, 0.3) is 0 Å². The van der Waals surface area contributed by atoms with E-state index in [1.165, 1.54) is 44.9 Å². The van der Waals surface area contributed by atoms with E-state index in [4.69, 9.17) is 4.74 Å². The molecule has 0 aromatic rings. The van der Waals surface area contributed by atoms with E-state index in [2.05, 4.69) is 19.1 Å². The lowest BCUT2D eigenvalue weighted by Gasteiger charge is -1.98. The molecule has 0 aliphatic rings. The summed E-state index contributed by atoms with van der Waals surface area (Å²) < 4.78 is 4.86. The molecule has 0 bridgehead atoms. The minimum atomic E-state index is -0.107. The molecule has 0 atom stereocenters. The van der Waals surface area contributed by atoms with Gasteiger partial charge in [0.2, 0.25) is 0 Å².